The maximum Gasteiger partial charge on any atom is 0.254 e. The van der Waals surface area contributed by atoms with Crippen LogP contribution in [-0.4, -0.2) is 55.6 Å². The number of imidazole rings is 1. The molecule has 1 aliphatic rings. The number of sulfonamides is 1. The van der Waals surface area contributed by atoms with Crippen LogP contribution < -0.4 is 9.04 Å². The van der Waals surface area contributed by atoms with Crippen molar-refractivity contribution >= 4 is 32.7 Å². The van der Waals surface area contributed by atoms with Crippen LogP contribution in [0.15, 0.2) is 54.6 Å². The topological polar surface area (TPSA) is 95.6 Å². The number of aromatic amines is 1. The molecule has 0 fully saturated rings. The molecule has 186 valence electrons. The maximum absolute atomic E-state index is 13.5. The third-order valence-corrected chi connectivity index (χ3v) is 7.77. The number of nitrogens with zero attached hydrogens (tertiary/aromatic N) is 3. The average Bonchev–Trinajstić information content (AvgIpc) is 3.08. The fourth-order valence-corrected chi connectivity index (χ4v) is 5.01. The number of aromatic nitrogens is 2. The van der Waals surface area contributed by atoms with Crippen LogP contribution >= 0.6 is 0 Å². The van der Waals surface area contributed by atoms with Crippen LogP contribution in [0.4, 0.5) is 5.69 Å². The summed E-state index contributed by atoms with van der Waals surface area (Å²) < 4.78 is 30.9. The van der Waals surface area contributed by atoms with Gasteiger partial charge in [0.1, 0.15) is 18.2 Å². The van der Waals surface area contributed by atoms with Gasteiger partial charge in [-0.3, -0.25) is 9.10 Å². The van der Waals surface area contributed by atoms with Gasteiger partial charge in [0, 0.05) is 24.7 Å². The summed E-state index contributed by atoms with van der Waals surface area (Å²) in [5.74, 6) is 1.53. The molecule has 8 nitrogen and oxygen atoms in total. The second-order valence-electron chi connectivity index (χ2n) is 9.18. The Balaban J connectivity index is 1.42. The maximum atomic E-state index is 13.5. The fraction of sp³-hybridized carbons (Fsp3) is 0.259. The van der Waals surface area contributed by atoms with E-state index in [1.54, 1.807) is 23.1 Å². The smallest absolute Gasteiger partial charge is 0.254 e. The lowest BCUT2D eigenvalue weighted by Crippen LogP contribution is -2.33. The average molecular weight is 505 g/mol. The number of anilines is 1. The lowest BCUT2D eigenvalue weighted by atomic mass is 10.0. The van der Waals surface area contributed by atoms with Crippen molar-refractivity contribution in [3.05, 3.63) is 77.1 Å². The Morgan fingerprint density at radius 2 is 1.81 bits per heavy atom. The molecule has 0 radical (unpaired) electrons. The molecule has 1 amide bonds. The molecule has 0 saturated heterocycles. The molecule has 0 bridgehead atoms. The second kappa shape index (κ2) is 8.98. The molecular weight excluding hydrogens is 476 g/mol. The number of benzene rings is 3. The van der Waals surface area contributed by atoms with Gasteiger partial charge < -0.3 is 14.6 Å². The standard InChI is InChI=1S/C27H28N4O4S/c1-17-13-22(30(3)36(4,33)34)7-8-23(17)27(32)31-11-12-35-26-10-6-19(14-21(26)16-31)20-5-9-24-25(15-20)29-18(2)28-24/h5-10,13-15H,11-12,16H2,1-4H3,(H,28,29). The predicted octanol–water partition coefficient (Wildman–Crippen LogP) is 4.28. The normalized spacial score (nSPS) is 13.7. The molecule has 9 heteroatoms. The summed E-state index contributed by atoms with van der Waals surface area (Å²) in [4.78, 5) is 23.0. The SMILES string of the molecule is Cc1nc2ccc(-c3ccc4c(c3)CN(C(=O)c3ccc(N(C)S(C)(=O)=O)cc3C)CCO4)cc2[nH]1. The highest BCUT2D eigenvalue weighted by Gasteiger charge is 2.23. The van der Waals surface area contributed by atoms with Crippen molar-refractivity contribution in [2.24, 2.45) is 0 Å². The summed E-state index contributed by atoms with van der Waals surface area (Å²) in [7, 11) is -1.89. The highest BCUT2D eigenvalue weighted by Crippen LogP contribution is 2.31. The monoisotopic (exact) mass is 504 g/mol. The summed E-state index contributed by atoms with van der Waals surface area (Å²) in [6.45, 7) is 5.01. The summed E-state index contributed by atoms with van der Waals surface area (Å²) in [6, 6.07) is 17.3. The molecule has 0 saturated carbocycles. The van der Waals surface area contributed by atoms with Crippen molar-refractivity contribution < 1.29 is 17.9 Å². The van der Waals surface area contributed by atoms with Crippen LogP contribution in [0.2, 0.25) is 0 Å². The first-order valence-electron chi connectivity index (χ1n) is 11.7. The van der Waals surface area contributed by atoms with Gasteiger partial charge in [-0.2, -0.15) is 0 Å². The van der Waals surface area contributed by atoms with E-state index < -0.39 is 10.0 Å². The number of hydrogen-bond acceptors (Lipinski definition) is 5. The Kier molecular flexibility index (Phi) is 5.96. The van der Waals surface area contributed by atoms with E-state index in [1.807, 2.05) is 38.1 Å². The van der Waals surface area contributed by atoms with Crippen LogP contribution in [0.25, 0.3) is 22.2 Å². The number of hydrogen-bond donors (Lipinski definition) is 1. The molecule has 1 N–H and O–H groups in total. The molecule has 2 heterocycles. The molecule has 0 unspecified atom stereocenters. The van der Waals surface area contributed by atoms with Crippen molar-refractivity contribution in [3.8, 4) is 16.9 Å². The molecule has 0 atom stereocenters. The Morgan fingerprint density at radius 1 is 1.06 bits per heavy atom. The number of rotatable bonds is 4. The number of aryl methyl sites for hydroxylation is 2. The van der Waals surface area contributed by atoms with Gasteiger partial charge in [0.25, 0.3) is 5.91 Å². The molecule has 3 aromatic carbocycles. The van der Waals surface area contributed by atoms with Crippen molar-refractivity contribution in [2.75, 3.05) is 30.8 Å². The number of carbonyl (C=O) groups is 1. The minimum atomic E-state index is -3.39. The van der Waals surface area contributed by atoms with Crippen LogP contribution in [0, 0.1) is 13.8 Å². The van der Waals surface area contributed by atoms with Gasteiger partial charge in [-0.25, -0.2) is 13.4 Å². The van der Waals surface area contributed by atoms with E-state index >= 15 is 0 Å². The van der Waals surface area contributed by atoms with Gasteiger partial charge in [0.05, 0.1) is 29.5 Å². The summed E-state index contributed by atoms with van der Waals surface area (Å²) in [5, 5.41) is 0. The van der Waals surface area contributed by atoms with Gasteiger partial charge in [0.2, 0.25) is 10.0 Å². The molecule has 36 heavy (non-hydrogen) atoms. The van der Waals surface area contributed by atoms with Gasteiger partial charge in [0.15, 0.2) is 0 Å². The van der Waals surface area contributed by atoms with Crippen molar-refractivity contribution in [3.63, 3.8) is 0 Å². The van der Waals surface area contributed by atoms with E-state index in [2.05, 4.69) is 22.1 Å². The predicted molar refractivity (Wildman–Crippen MR) is 141 cm³/mol. The number of ether oxygens (including phenoxy) is 1. The number of H-pyrrole nitrogens is 1. The highest BCUT2D eigenvalue weighted by molar-refractivity contribution is 7.92. The van der Waals surface area contributed by atoms with E-state index in [0.717, 1.165) is 51.1 Å². The summed E-state index contributed by atoms with van der Waals surface area (Å²) in [6.07, 6.45) is 1.15. The Bertz CT molecular complexity index is 1590. The summed E-state index contributed by atoms with van der Waals surface area (Å²) >= 11 is 0. The molecule has 0 aliphatic carbocycles. The van der Waals surface area contributed by atoms with Gasteiger partial charge in [-0.1, -0.05) is 12.1 Å². The van der Waals surface area contributed by atoms with Gasteiger partial charge >= 0.3 is 0 Å². The number of fused-ring (bicyclic) bond motifs is 2. The second-order valence-corrected chi connectivity index (χ2v) is 11.2. The lowest BCUT2D eigenvalue weighted by Gasteiger charge is -2.22. The van der Waals surface area contributed by atoms with Gasteiger partial charge in [-0.15, -0.1) is 0 Å². The van der Waals surface area contributed by atoms with Gasteiger partial charge in [-0.05, 0) is 73.0 Å². The minimum absolute atomic E-state index is 0.114. The van der Waals surface area contributed by atoms with Crippen molar-refractivity contribution in [1.82, 2.24) is 14.9 Å². The van der Waals surface area contributed by atoms with Crippen molar-refractivity contribution in [2.45, 2.75) is 20.4 Å². The Hall–Kier alpha value is -3.85. The van der Waals surface area contributed by atoms with Crippen molar-refractivity contribution in [1.29, 1.82) is 0 Å². The number of amides is 1. The number of carbonyl (C=O) groups excluding carboxylic acids is 1. The summed E-state index contributed by atoms with van der Waals surface area (Å²) in [5.41, 5.74) is 6.71. The highest BCUT2D eigenvalue weighted by atomic mass is 32.2. The van der Waals surface area contributed by atoms with Crippen LogP contribution in [0.1, 0.15) is 27.3 Å². The van der Waals surface area contributed by atoms with Crippen LogP contribution in [0.3, 0.4) is 0 Å². The zero-order valence-electron chi connectivity index (χ0n) is 20.7. The Morgan fingerprint density at radius 3 is 2.56 bits per heavy atom. The minimum Gasteiger partial charge on any atom is -0.491 e. The molecule has 0 spiro atoms. The quantitative estimate of drug-likeness (QED) is 0.448. The largest absolute Gasteiger partial charge is 0.491 e. The molecule has 1 aliphatic heterocycles. The van der Waals surface area contributed by atoms with E-state index in [1.165, 1.54) is 11.4 Å². The van der Waals surface area contributed by atoms with E-state index in [-0.39, 0.29) is 5.91 Å². The third kappa shape index (κ3) is 4.54. The third-order valence-electron chi connectivity index (χ3n) is 6.56. The molecular formula is C27H28N4O4S. The Labute approximate surface area is 210 Å². The first-order chi connectivity index (χ1) is 17.1. The zero-order valence-corrected chi connectivity index (χ0v) is 21.5. The first kappa shape index (κ1) is 23.9. The molecule has 5 rings (SSSR count). The first-order valence-corrected chi connectivity index (χ1v) is 13.5. The van der Waals surface area contributed by atoms with E-state index in [9.17, 15) is 13.2 Å². The van der Waals surface area contributed by atoms with E-state index in [4.69, 9.17) is 4.74 Å². The molecule has 1 aromatic heterocycles. The van der Waals surface area contributed by atoms with E-state index in [0.29, 0.717) is 30.9 Å². The van der Waals surface area contributed by atoms with Crippen LogP contribution in [0.5, 0.6) is 5.75 Å². The zero-order chi connectivity index (χ0) is 25.6. The lowest BCUT2D eigenvalue weighted by molar-refractivity contribution is 0.0732. The molecule has 4 aromatic rings. The number of nitrogens with one attached hydrogen (secondary N) is 1. The van der Waals surface area contributed by atoms with Crippen LogP contribution in [-0.2, 0) is 16.6 Å². The fourth-order valence-electron chi connectivity index (χ4n) is 4.51.